The maximum atomic E-state index is 12.6. The van der Waals surface area contributed by atoms with Gasteiger partial charge in [0.2, 0.25) is 11.8 Å². The first kappa shape index (κ1) is 13.1. The van der Waals surface area contributed by atoms with Gasteiger partial charge in [0, 0.05) is 6.07 Å². The average molecular weight is 300 g/mol. The predicted molar refractivity (Wildman–Crippen MR) is 75.1 cm³/mol. The zero-order valence-corrected chi connectivity index (χ0v) is 11.6. The van der Waals surface area contributed by atoms with E-state index in [4.69, 9.17) is 4.74 Å². The van der Waals surface area contributed by atoms with E-state index in [-0.39, 0.29) is 11.4 Å². The summed E-state index contributed by atoms with van der Waals surface area (Å²) >= 11 is 0. The topological polar surface area (TPSA) is 89.8 Å². The summed E-state index contributed by atoms with van der Waals surface area (Å²) in [6, 6.07) is 4.48. The number of amides is 2. The van der Waals surface area contributed by atoms with Crippen LogP contribution < -0.4 is 4.90 Å². The molecule has 2 fully saturated rings. The molecule has 3 aliphatic rings. The third kappa shape index (κ3) is 1.54. The molecule has 7 heteroatoms. The molecule has 1 aromatic rings. The molecule has 1 aromatic carbocycles. The SMILES string of the molecule is Cc1ccc(N2C(=O)C3C4C=CC(O4)C3C2=O)c([N+](=O)[O-])c1. The number of rotatable bonds is 2. The molecule has 0 radical (unpaired) electrons. The quantitative estimate of drug-likeness (QED) is 0.356. The van der Waals surface area contributed by atoms with Gasteiger partial charge in [0.05, 0.1) is 29.0 Å². The monoisotopic (exact) mass is 300 g/mol. The van der Waals surface area contributed by atoms with E-state index >= 15 is 0 Å². The van der Waals surface area contributed by atoms with Crippen molar-refractivity contribution in [2.75, 3.05) is 4.90 Å². The normalized spacial score (nSPS) is 32.0. The van der Waals surface area contributed by atoms with Gasteiger partial charge >= 0.3 is 0 Å². The van der Waals surface area contributed by atoms with Crippen LogP contribution in [0.2, 0.25) is 0 Å². The van der Waals surface area contributed by atoms with E-state index in [0.29, 0.717) is 5.56 Å². The van der Waals surface area contributed by atoms with Crippen molar-refractivity contribution in [1.82, 2.24) is 0 Å². The molecule has 2 amide bonds. The molecule has 22 heavy (non-hydrogen) atoms. The smallest absolute Gasteiger partial charge is 0.293 e. The molecule has 112 valence electrons. The molecule has 2 saturated heterocycles. The molecule has 0 aliphatic carbocycles. The average Bonchev–Trinajstić information content (AvgIpc) is 3.14. The van der Waals surface area contributed by atoms with Crippen LogP contribution in [0.3, 0.4) is 0 Å². The summed E-state index contributed by atoms with van der Waals surface area (Å²) in [5, 5.41) is 11.3. The van der Waals surface area contributed by atoms with Crippen molar-refractivity contribution >= 4 is 23.2 Å². The van der Waals surface area contributed by atoms with Crippen LogP contribution >= 0.6 is 0 Å². The van der Waals surface area contributed by atoms with E-state index in [9.17, 15) is 19.7 Å². The lowest BCUT2D eigenvalue weighted by Gasteiger charge is -2.17. The van der Waals surface area contributed by atoms with Gasteiger partial charge in [0.25, 0.3) is 5.69 Å². The molecule has 3 aliphatic heterocycles. The molecular weight excluding hydrogens is 288 g/mol. The Morgan fingerprint density at radius 2 is 1.73 bits per heavy atom. The minimum absolute atomic E-state index is 0.0411. The second kappa shape index (κ2) is 4.23. The van der Waals surface area contributed by atoms with Crippen LogP contribution in [0.1, 0.15) is 5.56 Å². The molecule has 4 atom stereocenters. The predicted octanol–water partition coefficient (Wildman–Crippen LogP) is 1.35. The minimum atomic E-state index is -0.569. The fourth-order valence-electron chi connectivity index (χ4n) is 3.51. The number of aryl methyl sites for hydroxylation is 1. The van der Waals surface area contributed by atoms with Gasteiger partial charge in [-0.15, -0.1) is 0 Å². The van der Waals surface area contributed by atoms with Crippen molar-refractivity contribution < 1.29 is 19.2 Å². The van der Waals surface area contributed by atoms with Crippen LogP contribution in [0.4, 0.5) is 11.4 Å². The zero-order chi connectivity index (χ0) is 15.6. The first-order chi connectivity index (χ1) is 10.5. The van der Waals surface area contributed by atoms with Gasteiger partial charge in [-0.25, -0.2) is 4.90 Å². The molecular formula is C15H12N2O5. The maximum absolute atomic E-state index is 12.6. The van der Waals surface area contributed by atoms with Crippen molar-refractivity contribution in [3.63, 3.8) is 0 Å². The highest BCUT2D eigenvalue weighted by atomic mass is 16.6. The molecule has 4 rings (SSSR count). The lowest BCUT2D eigenvalue weighted by atomic mass is 9.85. The highest BCUT2D eigenvalue weighted by Gasteiger charge is 2.61. The molecule has 3 heterocycles. The summed E-state index contributed by atoms with van der Waals surface area (Å²) < 4.78 is 5.55. The molecule has 0 saturated carbocycles. The molecule has 7 nitrogen and oxygen atoms in total. The Bertz CT molecular complexity index is 726. The van der Waals surface area contributed by atoms with E-state index in [1.54, 1.807) is 25.1 Å². The highest BCUT2D eigenvalue weighted by Crippen LogP contribution is 2.47. The summed E-state index contributed by atoms with van der Waals surface area (Å²) in [5.74, 6) is -1.97. The molecule has 0 N–H and O–H groups in total. The molecule has 2 bridgehead atoms. The molecule has 0 aromatic heterocycles. The van der Waals surface area contributed by atoms with Crippen molar-refractivity contribution in [2.45, 2.75) is 19.1 Å². The Balaban J connectivity index is 1.81. The Kier molecular flexibility index (Phi) is 2.53. The fraction of sp³-hybridized carbons (Fsp3) is 0.333. The summed E-state index contributed by atoms with van der Waals surface area (Å²) in [7, 11) is 0. The number of ether oxygens (including phenoxy) is 1. The van der Waals surface area contributed by atoms with Gasteiger partial charge in [-0.05, 0) is 18.6 Å². The standard InChI is InChI=1S/C15H12N2O5/c1-7-2-3-8(9(6-7)17(20)21)16-14(18)12-10-4-5-11(22-10)13(12)15(16)19/h2-6,10-13H,1H3. The van der Waals surface area contributed by atoms with Gasteiger partial charge in [-0.1, -0.05) is 18.2 Å². The van der Waals surface area contributed by atoms with Gasteiger partial charge in [-0.2, -0.15) is 0 Å². The number of carbonyl (C=O) groups is 2. The van der Waals surface area contributed by atoms with Crippen molar-refractivity contribution in [3.8, 4) is 0 Å². The molecule has 0 spiro atoms. The number of carbonyl (C=O) groups excluding carboxylic acids is 2. The van der Waals surface area contributed by atoms with E-state index in [1.165, 1.54) is 12.1 Å². The lowest BCUT2D eigenvalue weighted by molar-refractivity contribution is -0.384. The number of benzene rings is 1. The first-order valence-electron chi connectivity index (χ1n) is 6.95. The first-order valence-corrected chi connectivity index (χ1v) is 6.95. The number of hydrogen-bond acceptors (Lipinski definition) is 5. The fourth-order valence-corrected chi connectivity index (χ4v) is 3.51. The van der Waals surface area contributed by atoms with Crippen LogP contribution in [0.15, 0.2) is 30.4 Å². The number of imide groups is 1. The second-order valence-corrected chi connectivity index (χ2v) is 5.76. The lowest BCUT2D eigenvalue weighted by Crippen LogP contribution is -2.34. The van der Waals surface area contributed by atoms with Gasteiger partial charge in [0.15, 0.2) is 0 Å². The van der Waals surface area contributed by atoms with Crippen LogP contribution in [0.5, 0.6) is 0 Å². The summed E-state index contributed by atoms with van der Waals surface area (Å²) in [6.45, 7) is 1.72. The van der Waals surface area contributed by atoms with Crippen molar-refractivity contribution in [3.05, 3.63) is 46.0 Å². The number of nitro groups is 1. The number of hydrogen-bond donors (Lipinski definition) is 0. The molecule has 4 unspecified atom stereocenters. The Hall–Kier alpha value is -2.54. The summed E-state index contributed by atoms with van der Waals surface area (Å²) in [5.41, 5.74) is 0.502. The summed E-state index contributed by atoms with van der Waals surface area (Å²) in [6.07, 6.45) is 2.76. The minimum Gasteiger partial charge on any atom is -0.365 e. The highest BCUT2D eigenvalue weighted by molar-refractivity contribution is 6.24. The maximum Gasteiger partial charge on any atom is 0.293 e. The number of nitro benzene ring substituents is 1. The van der Waals surface area contributed by atoms with Crippen LogP contribution in [-0.4, -0.2) is 28.9 Å². The van der Waals surface area contributed by atoms with Gasteiger partial charge < -0.3 is 4.74 Å². The van der Waals surface area contributed by atoms with Crippen molar-refractivity contribution in [2.24, 2.45) is 11.8 Å². The van der Waals surface area contributed by atoms with Crippen molar-refractivity contribution in [1.29, 1.82) is 0 Å². The number of fused-ring (bicyclic) bond motifs is 5. The van der Waals surface area contributed by atoms with Crippen LogP contribution in [0, 0.1) is 28.9 Å². The third-order valence-corrected chi connectivity index (χ3v) is 4.48. The van der Waals surface area contributed by atoms with E-state index in [2.05, 4.69) is 0 Å². The summed E-state index contributed by atoms with van der Waals surface area (Å²) in [4.78, 5) is 36.9. The largest absolute Gasteiger partial charge is 0.365 e. The van der Waals surface area contributed by atoms with E-state index in [0.717, 1.165) is 4.90 Å². The Morgan fingerprint density at radius 1 is 1.14 bits per heavy atom. The van der Waals surface area contributed by atoms with Gasteiger partial charge in [0.1, 0.15) is 5.69 Å². The second-order valence-electron chi connectivity index (χ2n) is 5.76. The van der Waals surface area contributed by atoms with E-state index in [1.807, 2.05) is 0 Å². The van der Waals surface area contributed by atoms with Crippen LogP contribution in [0.25, 0.3) is 0 Å². The van der Waals surface area contributed by atoms with Crippen LogP contribution in [-0.2, 0) is 14.3 Å². The Labute approximate surface area is 125 Å². The zero-order valence-electron chi connectivity index (χ0n) is 11.6. The number of nitrogens with zero attached hydrogens (tertiary/aromatic N) is 2. The van der Waals surface area contributed by atoms with Gasteiger partial charge in [-0.3, -0.25) is 19.7 Å². The number of anilines is 1. The Morgan fingerprint density at radius 3 is 2.27 bits per heavy atom. The third-order valence-electron chi connectivity index (χ3n) is 4.48. The van der Waals surface area contributed by atoms with E-state index < -0.39 is 40.8 Å².